The van der Waals surface area contributed by atoms with Crippen LogP contribution in [0.25, 0.3) is 0 Å². The minimum atomic E-state index is -0.178. The van der Waals surface area contributed by atoms with Gasteiger partial charge in [-0.1, -0.05) is 31.4 Å². The molecule has 0 bridgehead atoms. The fourth-order valence-electron chi connectivity index (χ4n) is 5.21. The first-order chi connectivity index (χ1) is 12.2. The minimum Gasteiger partial charge on any atom is -0.339 e. The van der Waals surface area contributed by atoms with E-state index in [1.165, 1.54) is 38.2 Å². The highest BCUT2D eigenvalue weighted by molar-refractivity contribution is 5.84. The van der Waals surface area contributed by atoms with Gasteiger partial charge in [0.1, 0.15) is 5.82 Å². The highest BCUT2D eigenvalue weighted by Crippen LogP contribution is 2.42. The van der Waals surface area contributed by atoms with E-state index in [0.717, 1.165) is 51.0 Å². The number of hydrogen-bond acceptors (Lipinski definition) is 2. The lowest BCUT2D eigenvalue weighted by Crippen LogP contribution is -2.54. The van der Waals surface area contributed by atoms with E-state index in [0.29, 0.717) is 11.9 Å². The van der Waals surface area contributed by atoms with Crippen molar-refractivity contribution in [1.29, 1.82) is 0 Å². The molecule has 1 aromatic rings. The highest BCUT2D eigenvalue weighted by Gasteiger charge is 2.49. The first-order valence-electron chi connectivity index (χ1n) is 9.94. The van der Waals surface area contributed by atoms with Crippen molar-refractivity contribution < 1.29 is 9.18 Å². The molecule has 0 radical (unpaired) electrons. The van der Waals surface area contributed by atoms with Crippen LogP contribution in [-0.4, -0.2) is 41.4 Å². The Morgan fingerprint density at radius 3 is 2.72 bits per heavy atom. The standard InChI is InChI=1S/C21H29FN2O/c22-18-7-4-6-17(14-18)15-23-13-11-21(16-23)10-5-12-24(20(21)25)19-8-2-1-3-9-19/h4,6-7,14,19H,1-3,5,8-13,15-16H2. The molecular weight excluding hydrogens is 315 g/mol. The van der Waals surface area contributed by atoms with Gasteiger partial charge in [-0.05, 0) is 56.3 Å². The molecule has 3 nitrogen and oxygen atoms in total. The third kappa shape index (κ3) is 3.46. The molecule has 3 aliphatic rings. The average Bonchev–Trinajstić information content (AvgIpc) is 3.02. The van der Waals surface area contributed by atoms with Gasteiger partial charge >= 0.3 is 0 Å². The zero-order chi connectivity index (χ0) is 17.3. The Morgan fingerprint density at radius 2 is 1.92 bits per heavy atom. The van der Waals surface area contributed by atoms with Crippen molar-refractivity contribution >= 4 is 5.91 Å². The zero-order valence-corrected chi connectivity index (χ0v) is 15.1. The molecule has 1 atom stereocenters. The molecule has 1 saturated carbocycles. The van der Waals surface area contributed by atoms with Gasteiger partial charge < -0.3 is 4.90 Å². The molecule has 1 aliphatic carbocycles. The largest absolute Gasteiger partial charge is 0.339 e. The maximum Gasteiger partial charge on any atom is 0.230 e. The van der Waals surface area contributed by atoms with Crippen molar-refractivity contribution in [3.05, 3.63) is 35.6 Å². The van der Waals surface area contributed by atoms with E-state index < -0.39 is 0 Å². The van der Waals surface area contributed by atoms with Gasteiger partial charge in [0.2, 0.25) is 5.91 Å². The molecule has 3 fully saturated rings. The lowest BCUT2D eigenvalue weighted by atomic mass is 9.77. The number of rotatable bonds is 3. The number of benzene rings is 1. The average molecular weight is 344 g/mol. The molecule has 2 saturated heterocycles. The molecule has 2 aliphatic heterocycles. The van der Waals surface area contributed by atoms with Crippen molar-refractivity contribution in [2.24, 2.45) is 5.41 Å². The summed E-state index contributed by atoms with van der Waals surface area (Å²) in [6.07, 6.45) is 9.37. The predicted molar refractivity (Wildman–Crippen MR) is 96.5 cm³/mol. The summed E-state index contributed by atoms with van der Waals surface area (Å²) in [6.45, 7) is 3.48. The first kappa shape index (κ1) is 17.0. The number of carbonyl (C=O) groups is 1. The first-order valence-corrected chi connectivity index (χ1v) is 9.94. The van der Waals surface area contributed by atoms with Crippen molar-refractivity contribution in [1.82, 2.24) is 9.80 Å². The highest BCUT2D eigenvalue weighted by atomic mass is 19.1. The molecule has 0 aromatic heterocycles. The molecule has 1 aromatic carbocycles. The number of carbonyl (C=O) groups excluding carboxylic acids is 1. The van der Waals surface area contributed by atoms with E-state index in [2.05, 4.69) is 9.80 Å². The summed E-state index contributed by atoms with van der Waals surface area (Å²) in [5.74, 6) is 0.232. The van der Waals surface area contributed by atoms with Gasteiger partial charge in [0.05, 0.1) is 5.41 Å². The summed E-state index contributed by atoms with van der Waals surface area (Å²) in [4.78, 5) is 17.9. The number of hydrogen-bond donors (Lipinski definition) is 0. The van der Waals surface area contributed by atoms with Gasteiger partial charge in [-0.15, -0.1) is 0 Å². The van der Waals surface area contributed by atoms with E-state index in [1.807, 2.05) is 6.07 Å². The van der Waals surface area contributed by atoms with Crippen LogP contribution in [0.2, 0.25) is 0 Å². The van der Waals surface area contributed by atoms with Crippen molar-refractivity contribution in [2.45, 2.75) is 64.0 Å². The van der Waals surface area contributed by atoms with Crippen LogP contribution in [0.5, 0.6) is 0 Å². The topological polar surface area (TPSA) is 23.6 Å². The number of amides is 1. The van der Waals surface area contributed by atoms with Gasteiger partial charge in [-0.25, -0.2) is 4.39 Å². The summed E-state index contributed by atoms with van der Waals surface area (Å²) in [7, 11) is 0. The number of halogens is 1. The summed E-state index contributed by atoms with van der Waals surface area (Å²) >= 11 is 0. The lowest BCUT2D eigenvalue weighted by Gasteiger charge is -2.44. The fraction of sp³-hybridized carbons (Fsp3) is 0.667. The van der Waals surface area contributed by atoms with Gasteiger partial charge in [0, 0.05) is 25.7 Å². The summed E-state index contributed by atoms with van der Waals surface area (Å²) < 4.78 is 13.4. The normalized spacial score (nSPS) is 28.8. The molecule has 1 amide bonds. The van der Waals surface area contributed by atoms with Crippen LogP contribution in [0.15, 0.2) is 24.3 Å². The Morgan fingerprint density at radius 1 is 1.08 bits per heavy atom. The van der Waals surface area contributed by atoms with Crippen LogP contribution < -0.4 is 0 Å². The number of nitrogens with zero attached hydrogens (tertiary/aromatic N) is 2. The molecule has 25 heavy (non-hydrogen) atoms. The Balaban J connectivity index is 1.43. The van der Waals surface area contributed by atoms with Crippen LogP contribution in [0.4, 0.5) is 4.39 Å². The summed E-state index contributed by atoms with van der Waals surface area (Å²) in [6, 6.07) is 7.33. The van der Waals surface area contributed by atoms with Gasteiger partial charge in [0.25, 0.3) is 0 Å². The van der Waals surface area contributed by atoms with Gasteiger partial charge in [-0.2, -0.15) is 0 Å². The van der Waals surface area contributed by atoms with Gasteiger partial charge in [0.15, 0.2) is 0 Å². The lowest BCUT2D eigenvalue weighted by molar-refractivity contribution is -0.149. The van der Waals surface area contributed by atoms with Crippen LogP contribution in [0.1, 0.15) is 56.9 Å². The third-order valence-electron chi connectivity index (χ3n) is 6.51. The van der Waals surface area contributed by atoms with Crippen LogP contribution in [0.3, 0.4) is 0 Å². The Hall–Kier alpha value is -1.42. The number of piperidine rings is 1. The summed E-state index contributed by atoms with van der Waals surface area (Å²) in [5, 5.41) is 0. The van der Waals surface area contributed by atoms with Crippen molar-refractivity contribution in [2.75, 3.05) is 19.6 Å². The molecule has 0 N–H and O–H groups in total. The SMILES string of the molecule is O=C1N(C2CCCCC2)CCCC12CCN(Cc1cccc(F)c1)C2. The molecule has 1 spiro atoms. The summed E-state index contributed by atoms with van der Waals surface area (Å²) in [5.41, 5.74) is 0.827. The van der Waals surface area contributed by atoms with Crippen LogP contribution in [0, 0.1) is 11.2 Å². The smallest absolute Gasteiger partial charge is 0.230 e. The molecule has 4 heteroatoms. The molecule has 2 heterocycles. The number of likely N-dealkylation sites (tertiary alicyclic amines) is 2. The van der Waals surface area contributed by atoms with Crippen LogP contribution >= 0.6 is 0 Å². The van der Waals surface area contributed by atoms with E-state index in [-0.39, 0.29) is 11.2 Å². The van der Waals surface area contributed by atoms with E-state index >= 15 is 0 Å². The third-order valence-corrected chi connectivity index (χ3v) is 6.51. The minimum absolute atomic E-state index is 0.177. The van der Waals surface area contributed by atoms with E-state index in [1.54, 1.807) is 12.1 Å². The molecule has 1 unspecified atom stereocenters. The second kappa shape index (κ2) is 7.06. The fourth-order valence-corrected chi connectivity index (χ4v) is 5.21. The van der Waals surface area contributed by atoms with E-state index in [4.69, 9.17) is 0 Å². The Bertz CT molecular complexity index is 628. The van der Waals surface area contributed by atoms with Crippen molar-refractivity contribution in [3.8, 4) is 0 Å². The monoisotopic (exact) mass is 344 g/mol. The molecule has 4 rings (SSSR count). The van der Waals surface area contributed by atoms with Crippen LogP contribution in [-0.2, 0) is 11.3 Å². The maximum atomic E-state index is 13.4. The second-order valence-electron chi connectivity index (χ2n) is 8.26. The molecular formula is C21H29FN2O. The Kier molecular flexibility index (Phi) is 4.81. The Labute approximate surface area is 150 Å². The molecule has 136 valence electrons. The van der Waals surface area contributed by atoms with E-state index in [9.17, 15) is 9.18 Å². The maximum absolute atomic E-state index is 13.4. The zero-order valence-electron chi connectivity index (χ0n) is 15.1. The van der Waals surface area contributed by atoms with Gasteiger partial charge in [-0.3, -0.25) is 9.69 Å². The quantitative estimate of drug-likeness (QED) is 0.828. The van der Waals surface area contributed by atoms with Crippen molar-refractivity contribution in [3.63, 3.8) is 0 Å². The second-order valence-corrected chi connectivity index (χ2v) is 8.26. The predicted octanol–water partition coefficient (Wildman–Crippen LogP) is 3.97.